The van der Waals surface area contributed by atoms with Gasteiger partial charge < -0.3 is 20.0 Å². The second-order valence-electron chi connectivity index (χ2n) is 4.97. The molecule has 2 aromatic rings. The van der Waals surface area contributed by atoms with Gasteiger partial charge in [-0.1, -0.05) is 13.8 Å². The van der Waals surface area contributed by atoms with Crippen LogP contribution in [0.1, 0.15) is 35.5 Å². The minimum atomic E-state index is -1.13. The van der Waals surface area contributed by atoms with Crippen molar-refractivity contribution in [2.45, 2.75) is 26.7 Å². The van der Waals surface area contributed by atoms with Gasteiger partial charge in [-0.25, -0.2) is 4.79 Å². The summed E-state index contributed by atoms with van der Waals surface area (Å²) in [6.07, 6.45) is 2.93. The Morgan fingerprint density at radius 1 is 1.26 bits per heavy atom. The molecular weight excluding hydrogens is 300 g/mol. The number of carbonyl (C=O) groups excluding carboxylic acids is 2. The predicted octanol–water partition coefficient (Wildman–Crippen LogP) is 1.20. The Morgan fingerprint density at radius 3 is 2.48 bits per heavy atom. The third-order valence-corrected chi connectivity index (χ3v) is 3.63. The van der Waals surface area contributed by atoms with E-state index in [1.54, 1.807) is 22.7 Å². The van der Waals surface area contributed by atoms with Crippen LogP contribution in [0.4, 0.5) is 0 Å². The lowest BCUT2D eigenvalue weighted by molar-refractivity contribution is -0.139. The molecule has 2 heterocycles. The van der Waals surface area contributed by atoms with Gasteiger partial charge in [0.15, 0.2) is 6.61 Å². The minimum Gasteiger partial charge on any atom is -0.480 e. The number of primary amides is 1. The molecule has 122 valence electrons. The molecule has 23 heavy (non-hydrogen) atoms. The van der Waals surface area contributed by atoms with Crippen molar-refractivity contribution in [2.75, 3.05) is 6.61 Å². The minimum absolute atomic E-state index is 0.192. The SMILES string of the molecule is CCc1c(C(=O)C(N)=O)c2c(OCC(=O)O)cccn2c1CC. The molecule has 0 aliphatic carbocycles. The molecular formula is C16H18N2O5. The number of aliphatic carboxylic acids is 1. The number of ether oxygens (including phenoxy) is 1. The average molecular weight is 318 g/mol. The topological polar surface area (TPSA) is 111 Å². The average Bonchev–Trinajstić information content (AvgIpc) is 2.85. The van der Waals surface area contributed by atoms with Gasteiger partial charge in [-0.15, -0.1) is 0 Å². The maximum atomic E-state index is 12.3. The molecule has 0 aliphatic heterocycles. The van der Waals surface area contributed by atoms with E-state index in [2.05, 4.69) is 0 Å². The summed E-state index contributed by atoms with van der Waals surface area (Å²) in [5, 5.41) is 8.79. The number of carboxylic acids is 1. The highest BCUT2D eigenvalue weighted by molar-refractivity contribution is 6.44. The van der Waals surface area contributed by atoms with E-state index >= 15 is 0 Å². The fraction of sp³-hybridized carbons (Fsp3) is 0.312. The first kappa shape index (κ1) is 16.5. The number of hydrogen-bond donors (Lipinski definition) is 2. The van der Waals surface area contributed by atoms with Crippen molar-refractivity contribution in [1.29, 1.82) is 0 Å². The zero-order valence-electron chi connectivity index (χ0n) is 13.0. The highest BCUT2D eigenvalue weighted by Gasteiger charge is 2.27. The first-order valence-electron chi connectivity index (χ1n) is 7.25. The van der Waals surface area contributed by atoms with Gasteiger partial charge in [-0.2, -0.15) is 0 Å². The Kier molecular flexibility index (Phi) is 4.68. The van der Waals surface area contributed by atoms with Crippen molar-refractivity contribution >= 4 is 23.2 Å². The van der Waals surface area contributed by atoms with E-state index in [-0.39, 0.29) is 11.3 Å². The number of carbonyl (C=O) groups is 3. The van der Waals surface area contributed by atoms with Crippen LogP contribution in [0.3, 0.4) is 0 Å². The molecule has 0 saturated carbocycles. The number of aryl methyl sites for hydroxylation is 1. The van der Waals surface area contributed by atoms with Gasteiger partial charge in [0.25, 0.3) is 11.7 Å². The molecule has 0 fully saturated rings. The summed E-state index contributed by atoms with van der Waals surface area (Å²) in [5.41, 5.74) is 7.34. The zero-order chi connectivity index (χ0) is 17.1. The van der Waals surface area contributed by atoms with E-state index < -0.39 is 24.3 Å². The number of rotatable bonds is 7. The predicted molar refractivity (Wildman–Crippen MR) is 82.8 cm³/mol. The normalized spacial score (nSPS) is 10.7. The molecule has 7 heteroatoms. The number of aromatic nitrogens is 1. The summed E-state index contributed by atoms with van der Waals surface area (Å²) in [6, 6.07) is 3.26. The van der Waals surface area contributed by atoms with Crippen molar-refractivity contribution in [2.24, 2.45) is 5.73 Å². The van der Waals surface area contributed by atoms with Gasteiger partial charge in [-0.05, 0) is 30.5 Å². The Labute approximate surface area is 132 Å². The Hall–Kier alpha value is -2.83. The molecule has 0 spiro atoms. The molecule has 2 aromatic heterocycles. The van der Waals surface area contributed by atoms with Crippen LogP contribution in [0.2, 0.25) is 0 Å². The summed E-state index contributed by atoms with van der Waals surface area (Å²) < 4.78 is 7.04. The third-order valence-electron chi connectivity index (χ3n) is 3.63. The van der Waals surface area contributed by atoms with Crippen LogP contribution >= 0.6 is 0 Å². The smallest absolute Gasteiger partial charge is 0.341 e. The number of hydrogen-bond acceptors (Lipinski definition) is 4. The molecule has 0 saturated heterocycles. The van der Waals surface area contributed by atoms with Gasteiger partial charge in [0.2, 0.25) is 0 Å². The lowest BCUT2D eigenvalue weighted by atomic mass is 10.0. The van der Waals surface area contributed by atoms with E-state index in [1.807, 2.05) is 13.8 Å². The lowest BCUT2D eigenvalue weighted by Crippen LogP contribution is -2.24. The van der Waals surface area contributed by atoms with E-state index in [0.29, 0.717) is 18.4 Å². The van der Waals surface area contributed by atoms with E-state index in [0.717, 1.165) is 11.3 Å². The maximum Gasteiger partial charge on any atom is 0.341 e. The molecule has 0 unspecified atom stereocenters. The molecule has 0 aliphatic rings. The van der Waals surface area contributed by atoms with E-state index in [4.69, 9.17) is 15.6 Å². The van der Waals surface area contributed by atoms with Gasteiger partial charge >= 0.3 is 5.97 Å². The van der Waals surface area contributed by atoms with Gasteiger partial charge in [0, 0.05) is 11.9 Å². The first-order valence-corrected chi connectivity index (χ1v) is 7.25. The molecule has 2 rings (SSSR count). The van der Waals surface area contributed by atoms with Crippen molar-refractivity contribution in [3.63, 3.8) is 0 Å². The van der Waals surface area contributed by atoms with Crippen molar-refractivity contribution in [3.05, 3.63) is 35.2 Å². The highest BCUT2D eigenvalue weighted by Crippen LogP contribution is 2.32. The number of carboxylic acid groups (broad SMARTS) is 1. The number of amides is 1. The first-order chi connectivity index (χ1) is 10.9. The van der Waals surface area contributed by atoms with Crippen LogP contribution in [0.25, 0.3) is 5.52 Å². The number of nitrogens with two attached hydrogens (primary N) is 1. The number of fused-ring (bicyclic) bond motifs is 1. The molecule has 0 atom stereocenters. The quantitative estimate of drug-likeness (QED) is 0.588. The molecule has 7 nitrogen and oxygen atoms in total. The summed E-state index contributed by atoms with van der Waals surface area (Å²) in [4.78, 5) is 34.5. The summed E-state index contributed by atoms with van der Waals surface area (Å²) in [6.45, 7) is 3.27. The molecule has 0 aromatic carbocycles. The van der Waals surface area contributed by atoms with Crippen LogP contribution in [0, 0.1) is 0 Å². The summed E-state index contributed by atoms with van der Waals surface area (Å²) >= 11 is 0. The second kappa shape index (κ2) is 6.51. The largest absolute Gasteiger partial charge is 0.480 e. The number of nitrogens with zero attached hydrogens (tertiary/aromatic N) is 1. The molecule has 0 bridgehead atoms. The van der Waals surface area contributed by atoms with E-state index in [1.165, 1.54) is 0 Å². The Morgan fingerprint density at radius 2 is 1.96 bits per heavy atom. The summed E-state index contributed by atoms with van der Waals surface area (Å²) in [7, 11) is 0. The van der Waals surface area contributed by atoms with Crippen LogP contribution in [0.5, 0.6) is 5.75 Å². The van der Waals surface area contributed by atoms with Gasteiger partial charge in [0.1, 0.15) is 5.75 Å². The van der Waals surface area contributed by atoms with Gasteiger partial charge in [0.05, 0.1) is 11.1 Å². The number of ketones is 1. The lowest BCUT2D eigenvalue weighted by Gasteiger charge is -2.08. The third kappa shape index (κ3) is 2.90. The van der Waals surface area contributed by atoms with Crippen LogP contribution in [-0.2, 0) is 22.4 Å². The maximum absolute atomic E-state index is 12.3. The van der Waals surface area contributed by atoms with Crippen LogP contribution < -0.4 is 10.5 Å². The number of pyridine rings is 1. The standard InChI is InChI=1S/C16H18N2O5/c1-3-9-10(4-2)18-7-5-6-11(23-8-12(19)20)14(18)13(9)15(21)16(17)22/h5-7H,3-4,8H2,1-2H3,(H2,17,22)(H,19,20). The van der Waals surface area contributed by atoms with Crippen molar-refractivity contribution < 1.29 is 24.2 Å². The zero-order valence-corrected chi connectivity index (χ0v) is 13.0. The van der Waals surface area contributed by atoms with E-state index in [9.17, 15) is 14.4 Å². The molecule has 1 amide bonds. The fourth-order valence-corrected chi connectivity index (χ4v) is 2.78. The molecule has 0 radical (unpaired) electrons. The highest BCUT2D eigenvalue weighted by atomic mass is 16.5. The van der Waals surface area contributed by atoms with Crippen molar-refractivity contribution in [1.82, 2.24) is 4.40 Å². The summed E-state index contributed by atoms with van der Waals surface area (Å²) in [5.74, 6) is -2.75. The van der Waals surface area contributed by atoms with Gasteiger partial charge in [-0.3, -0.25) is 9.59 Å². The molecule has 3 N–H and O–H groups in total. The fourth-order valence-electron chi connectivity index (χ4n) is 2.78. The Balaban J connectivity index is 2.80. The second-order valence-corrected chi connectivity index (χ2v) is 4.97. The van der Waals surface area contributed by atoms with Crippen molar-refractivity contribution in [3.8, 4) is 5.75 Å². The van der Waals surface area contributed by atoms with Crippen LogP contribution in [-0.4, -0.2) is 33.8 Å². The monoisotopic (exact) mass is 318 g/mol. The van der Waals surface area contributed by atoms with Crippen LogP contribution in [0.15, 0.2) is 18.3 Å². The Bertz CT molecular complexity index is 791. The number of Topliss-reactive ketones (excluding diaryl/α,β-unsaturated/α-hetero) is 1.